The summed E-state index contributed by atoms with van der Waals surface area (Å²) in [6.07, 6.45) is 0. The van der Waals surface area contributed by atoms with Gasteiger partial charge in [0.1, 0.15) is 0 Å². The minimum Gasteiger partial charge on any atom is -0.292 e. The summed E-state index contributed by atoms with van der Waals surface area (Å²) in [4.78, 5) is 11.7. The number of nitrogens with zero attached hydrogens (tertiary/aromatic N) is 4. The molecular weight excluding hydrogens is 134 g/mol. The van der Waals surface area contributed by atoms with E-state index in [0.29, 0.717) is 0 Å². The molecule has 0 fully saturated rings. The lowest BCUT2D eigenvalue weighted by Crippen LogP contribution is -2.07. The van der Waals surface area contributed by atoms with Crippen molar-refractivity contribution < 1.29 is 4.79 Å². The molecule has 0 bridgehead atoms. The lowest BCUT2D eigenvalue weighted by Gasteiger charge is -1.88. The van der Waals surface area contributed by atoms with Gasteiger partial charge < -0.3 is 0 Å². The van der Waals surface area contributed by atoms with Crippen LogP contribution in [0.3, 0.4) is 0 Å². The molecule has 0 saturated carbocycles. The van der Waals surface area contributed by atoms with E-state index < -0.39 is 0 Å². The zero-order valence-corrected chi connectivity index (χ0v) is 5.70. The average molecular weight is 141 g/mol. The molecule has 1 N–H and O–H groups in total. The summed E-state index contributed by atoms with van der Waals surface area (Å²) in [5, 5.41) is 13.1. The summed E-state index contributed by atoms with van der Waals surface area (Å²) >= 11 is 0. The van der Waals surface area contributed by atoms with Gasteiger partial charge in [-0.2, -0.15) is 4.80 Å². The molecule has 1 aromatic rings. The third-order valence-corrected chi connectivity index (χ3v) is 0.796. The molecule has 1 rings (SSSR count). The number of rotatable bonds is 1. The van der Waals surface area contributed by atoms with Crippen LogP contribution in [0.1, 0.15) is 6.92 Å². The fraction of sp³-hybridized carbons (Fsp3) is 0.500. The van der Waals surface area contributed by atoms with Crippen LogP contribution in [0, 0.1) is 0 Å². The Morgan fingerprint density at radius 2 is 2.40 bits per heavy atom. The largest absolute Gasteiger partial charge is 0.292 e. The second-order valence-corrected chi connectivity index (χ2v) is 1.78. The number of amides is 1. The van der Waals surface area contributed by atoms with Crippen molar-refractivity contribution >= 4 is 11.9 Å². The molecule has 0 spiro atoms. The zero-order valence-electron chi connectivity index (χ0n) is 5.70. The summed E-state index contributed by atoms with van der Waals surface area (Å²) in [7, 11) is 1.62. The van der Waals surface area contributed by atoms with Gasteiger partial charge >= 0.3 is 0 Å². The fourth-order valence-corrected chi connectivity index (χ4v) is 0.492. The molecule has 1 heterocycles. The molecular formula is C4H7N5O. The van der Waals surface area contributed by atoms with Crippen LogP contribution in [0.4, 0.5) is 5.95 Å². The Bertz CT molecular complexity index is 242. The molecule has 1 amide bonds. The maximum atomic E-state index is 10.4. The van der Waals surface area contributed by atoms with E-state index >= 15 is 0 Å². The Morgan fingerprint density at radius 3 is 2.80 bits per heavy atom. The van der Waals surface area contributed by atoms with E-state index in [0.717, 1.165) is 0 Å². The zero-order chi connectivity index (χ0) is 7.56. The van der Waals surface area contributed by atoms with Crippen LogP contribution in [-0.4, -0.2) is 26.1 Å². The van der Waals surface area contributed by atoms with Gasteiger partial charge in [-0.15, -0.1) is 5.10 Å². The molecule has 6 nitrogen and oxygen atoms in total. The van der Waals surface area contributed by atoms with Gasteiger partial charge in [-0.1, -0.05) is 5.10 Å². The smallest absolute Gasteiger partial charge is 0.270 e. The molecule has 0 saturated heterocycles. The van der Waals surface area contributed by atoms with E-state index in [1.54, 1.807) is 7.05 Å². The van der Waals surface area contributed by atoms with E-state index in [9.17, 15) is 4.79 Å². The van der Waals surface area contributed by atoms with Crippen LogP contribution in [0.2, 0.25) is 0 Å². The van der Waals surface area contributed by atoms with Crippen LogP contribution in [0.15, 0.2) is 0 Å². The van der Waals surface area contributed by atoms with Crippen molar-refractivity contribution in [2.24, 2.45) is 7.05 Å². The van der Waals surface area contributed by atoms with Crippen LogP contribution in [0.25, 0.3) is 0 Å². The highest BCUT2D eigenvalue weighted by Gasteiger charge is 1.99. The first kappa shape index (κ1) is 6.66. The minimum absolute atomic E-state index is 0.201. The second kappa shape index (κ2) is 2.42. The second-order valence-electron chi connectivity index (χ2n) is 1.78. The third kappa shape index (κ3) is 1.51. The fourth-order valence-electron chi connectivity index (χ4n) is 0.492. The lowest BCUT2D eigenvalue weighted by molar-refractivity contribution is -0.114. The summed E-state index contributed by atoms with van der Waals surface area (Å²) in [6, 6.07) is 0. The predicted molar refractivity (Wildman–Crippen MR) is 33.1 cm³/mol. The SMILES string of the molecule is CC(=O)Nc1nnn(C)n1. The monoisotopic (exact) mass is 141 g/mol. The first-order chi connectivity index (χ1) is 4.68. The first-order valence-corrected chi connectivity index (χ1v) is 2.70. The standard InChI is InChI=1S/C4H7N5O/c1-3(10)5-4-6-8-9(2)7-4/h1-2H3,(H,5,7,10). The predicted octanol–water partition coefficient (Wildman–Crippen LogP) is -0.832. The summed E-state index contributed by atoms with van der Waals surface area (Å²) < 4.78 is 0. The van der Waals surface area contributed by atoms with Crippen molar-refractivity contribution in [1.82, 2.24) is 20.2 Å². The van der Waals surface area contributed by atoms with Gasteiger partial charge in [-0.3, -0.25) is 10.1 Å². The Balaban J connectivity index is 2.67. The van der Waals surface area contributed by atoms with Crippen molar-refractivity contribution in [3.8, 4) is 0 Å². The van der Waals surface area contributed by atoms with Crippen LogP contribution >= 0.6 is 0 Å². The first-order valence-electron chi connectivity index (χ1n) is 2.70. The molecule has 0 aliphatic heterocycles. The highest BCUT2D eigenvalue weighted by molar-refractivity contribution is 5.86. The quantitative estimate of drug-likeness (QED) is 0.554. The van der Waals surface area contributed by atoms with Gasteiger partial charge in [0.25, 0.3) is 5.95 Å². The number of aryl methyl sites for hydroxylation is 1. The van der Waals surface area contributed by atoms with Gasteiger partial charge in [0.05, 0.1) is 7.05 Å². The summed E-state index contributed by atoms with van der Waals surface area (Å²) in [5.74, 6) is 0.0306. The van der Waals surface area contributed by atoms with Crippen molar-refractivity contribution in [2.75, 3.05) is 5.32 Å². The molecule has 0 aliphatic carbocycles. The molecule has 54 valence electrons. The van der Waals surface area contributed by atoms with Crippen molar-refractivity contribution in [3.05, 3.63) is 0 Å². The number of aromatic nitrogens is 4. The molecule has 0 aromatic carbocycles. The van der Waals surface area contributed by atoms with E-state index in [2.05, 4.69) is 20.7 Å². The van der Waals surface area contributed by atoms with E-state index in [1.807, 2.05) is 0 Å². The molecule has 1 aromatic heterocycles. The highest BCUT2D eigenvalue weighted by Crippen LogP contribution is 1.89. The Labute approximate surface area is 57.2 Å². The average Bonchev–Trinajstić information content (AvgIpc) is 2.13. The number of carbonyl (C=O) groups excluding carboxylic acids is 1. The topological polar surface area (TPSA) is 72.7 Å². The molecule has 10 heavy (non-hydrogen) atoms. The maximum Gasteiger partial charge on any atom is 0.270 e. The van der Waals surface area contributed by atoms with Gasteiger partial charge in [-0.25, -0.2) is 0 Å². The minimum atomic E-state index is -0.201. The summed E-state index contributed by atoms with van der Waals surface area (Å²) in [6.45, 7) is 1.39. The van der Waals surface area contributed by atoms with Gasteiger partial charge in [0.15, 0.2) is 0 Å². The molecule has 0 radical (unpaired) electrons. The number of nitrogens with one attached hydrogen (secondary N) is 1. The Morgan fingerprint density at radius 1 is 1.70 bits per heavy atom. The van der Waals surface area contributed by atoms with E-state index in [-0.39, 0.29) is 11.9 Å². The maximum absolute atomic E-state index is 10.4. The molecule has 0 atom stereocenters. The van der Waals surface area contributed by atoms with Gasteiger partial charge in [0, 0.05) is 6.92 Å². The van der Waals surface area contributed by atoms with Crippen molar-refractivity contribution in [2.45, 2.75) is 6.92 Å². The van der Waals surface area contributed by atoms with Gasteiger partial charge in [-0.05, 0) is 5.21 Å². The van der Waals surface area contributed by atoms with Crippen LogP contribution in [-0.2, 0) is 11.8 Å². The molecule has 0 aliphatic rings. The number of hydrogen-bond acceptors (Lipinski definition) is 4. The van der Waals surface area contributed by atoms with E-state index in [4.69, 9.17) is 0 Å². The molecule has 0 unspecified atom stereocenters. The number of tetrazole rings is 1. The Hall–Kier alpha value is -1.46. The highest BCUT2D eigenvalue weighted by atomic mass is 16.1. The molecule has 6 heteroatoms. The van der Waals surface area contributed by atoms with Crippen LogP contribution < -0.4 is 5.32 Å². The number of hydrogen-bond donors (Lipinski definition) is 1. The van der Waals surface area contributed by atoms with E-state index in [1.165, 1.54) is 11.7 Å². The number of carbonyl (C=O) groups is 1. The number of anilines is 1. The summed E-state index contributed by atoms with van der Waals surface area (Å²) in [5.41, 5.74) is 0. The Kier molecular flexibility index (Phi) is 1.61. The van der Waals surface area contributed by atoms with Crippen LogP contribution in [0.5, 0.6) is 0 Å². The lowest BCUT2D eigenvalue weighted by atomic mass is 10.7. The van der Waals surface area contributed by atoms with Crippen molar-refractivity contribution in [3.63, 3.8) is 0 Å². The van der Waals surface area contributed by atoms with Gasteiger partial charge in [0.2, 0.25) is 5.91 Å². The third-order valence-electron chi connectivity index (χ3n) is 0.796. The normalized spacial score (nSPS) is 9.40. The van der Waals surface area contributed by atoms with Crippen molar-refractivity contribution in [1.29, 1.82) is 0 Å².